The van der Waals surface area contributed by atoms with Crippen LogP contribution in [0.3, 0.4) is 0 Å². The highest BCUT2D eigenvalue weighted by atomic mass is 35.5. The third-order valence-corrected chi connectivity index (χ3v) is 5.14. The van der Waals surface area contributed by atoms with E-state index >= 15 is 0 Å². The summed E-state index contributed by atoms with van der Waals surface area (Å²) in [4.78, 5) is 41.2. The zero-order valence-corrected chi connectivity index (χ0v) is 20.4. The van der Waals surface area contributed by atoms with Crippen molar-refractivity contribution in [2.75, 3.05) is 17.2 Å². The van der Waals surface area contributed by atoms with E-state index in [4.69, 9.17) is 32.7 Å². The van der Waals surface area contributed by atoms with Gasteiger partial charge in [0.1, 0.15) is 11.3 Å². The number of anilines is 2. The Kier molecular flexibility index (Phi) is 8.95. The average Bonchev–Trinajstić information content (AvgIpc) is 2.84. The maximum absolute atomic E-state index is 12.9. The van der Waals surface area contributed by atoms with E-state index in [9.17, 15) is 27.6 Å². The molecule has 8 nitrogen and oxygen atoms in total. The molecular weight excluding hydrogens is 538 g/mol. The van der Waals surface area contributed by atoms with E-state index in [1.54, 1.807) is 0 Å². The fraction of sp³-hybridized carbons (Fsp3) is 0.167. The monoisotopic (exact) mass is 555 g/mol. The molecule has 13 heteroatoms. The smallest absolute Gasteiger partial charge is 0.416 e. The van der Waals surface area contributed by atoms with Crippen LogP contribution in [0.4, 0.5) is 24.7 Å². The van der Waals surface area contributed by atoms with Crippen LogP contribution in [0.15, 0.2) is 60.8 Å². The Morgan fingerprint density at radius 1 is 1.03 bits per heavy atom. The lowest BCUT2D eigenvalue weighted by atomic mass is 10.2. The number of carbonyl (C=O) groups excluding carboxylic acids is 3. The maximum Gasteiger partial charge on any atom is 0.416 e. The van der Waals surface area contributed by atoms with Gasteiger partial charge >= 0.3 is 12.1 Å². The number of ether oxygens (including phenoxy) is 2. The van der Waals surface area contributed by atoms with Gasteiger partial charge in [-0.3, -0.25) is 9.59 Å². The van der Waals surface area contributed by atoms with E-state index in [2.05, 4.69) is 15.6 Å². The number of halogens is 5. The number of nitrogens with one attached hydrogen (secondary N) is 2. The summed E-state index contributed by atoms with van der Waals surface area (Å²) in [6, 6.07) is 11.2. The van der Waals surface area contributed by atoms with E-state index < -0.39 is 42.2 Å². The number of rotatable bonds is 8. The van der Waals surface area contributed by atoms with Gasteiger partial charge in [0.05, 0.1) is 15.6 Å². The van der Waals surface area contributed by atoms with Crippen LogP contribution < -0.4 is 15.4 Å². The first-order valence-electron chi connectivity index (χ1n) is 10.5. The average molecular weight is 556 g/mol. The molecule has 0 aliphatic rings. The molecule has 1 heterocycles. The number of amides is 2. The molecule has 0 saturated heterocycles. The summed E-state index contributed by atoms with van der Waals surface area (Å²) >= 11 is 11.7. The Labute approximate surface area is 218 Å². The molecule has 2 aromatic carbocycles. The normalized spacial score (nSPS) is 11.8. The molecule has 37 heavy (non-hydrogen) atoms. The van der Waals surface area contributed by atoms with Gasteiger partial charge in [0.2, 0.25) is 0 Å². The minimum Gasteiger partial charge on any atom is -0.483 e. The number of pyridine rings is 1. The molecule has 0 aliphatic carbocycles. The van der Waals surface area contributed by atoms with Crippen molar-refractivity contribution in [2.45, 2.75) is 19.2 Å². The summed E-state index contributed by atoms with van der Waals surface area (Å²) in [5, 5.41) is 5.06. The zero-order chi connectivity index (χ0) is 27.2. The van der Waals surface area contributed by atoms with Gasteiger partial charge < -0.3 is 20.1 Å². The van der Waals surface area contributed by atoms with Gasteiger partial charge in [-0.2, -0.15) is 13.2 Å². The fourth-order valence-corrected chi connectivity index (χ4v) is 3.30. The second kappa shape index (κ2) is 11.9. The Bertz CT molecular complexity index is 1320. The number of carbonyl (C=O) groups is 3. The third-order valence-electron chi connectivity index (χ3n) is 4.64. The van der Waals surface area contributed by atoms with Crippen molar-refractivity contribution in [1.29, 1.82) is 0 Å². The van der Waals surface area contributed by atoms with Crippen LogP contribution in [0.2, 0.25) is 10.0 Å². The second-order valence-corrected chi connectivity index (χ2v) is 8.28. The van der Waals surface area contributed by atoms with Crippen molar-refractivity contribution in [1.82, 2.24) is 4.98 Å². The number of esters is 1. The van der Waals surface area contributed by atoms with Gasteiger partial charge in [-0.05, 0) is 43.3 Å². The third kappa shape index (κ3) is 7.83. The van der Waals surface area contributed by atoms with E-state index in [0.29, 0.717) is 0 Å². The first-order valence-corrected chi connectivity index (χ1v) is 11.2. The summed E-state index contributed by atoms with van der Waals surface area (Å²) < 4.78 is 49.1. The first kappa shape index (κ1) is 27.8. The van der Waals surface area contributed by atoms with Crippen molar-refractivity contribution in [3.05, 3.63) is 82.0 Å². The van der Waals surface area contributed by atoms with E-state index in [1.807, 2.05) is 0 Å². The molecule has 0 aliphatic heterocycles. The summed E-state index contributed by atoms with van der Waals surface area (Å²) in [6.45, 7) is 0.709. The SMILES string of the molecule is CC(OC(=O)c1ccccc1OCC(=O)Nc1cccc(C(F)(F)F)c1)C(=O)Nc1ncc(Cl)cc1Cl. The van der Waals surface area contributed by atoms with Crippen LogP contribution in [0.25, 0.3) is 0 Å². The number of aromatic nitrogens is 1. The molecular formula is C24H18Cl2F3N3O5. The highest BCUT2D eigenvalue weighted by Gasteiger charge is 2.30. The highest BCUT2D eigenvalue weighted by molar-refractivity contribution is 6.36. The number of benzene rings is 2. The molecule has 1 atom stereocenters. The fourth-order valence-electron chi connectivity index (χ4n) is 2.88. The predicted octanol–water partition coefficient (Wildman–Crippen LogP) is 5.61. The van der Waals surface area contributed by atoms with E-state index in [-0.39, 0.29) is 32.9 Å². The summed E-state index contributed by atoms with van der Waals surface area (Å²) in [6.07, 6.45) is -4.56. The predicted molar refractivity (Wildman–Crippen MR) is 130 cm³/mol. The maximum atomic E-state index is 12.9. The van der Waals surface area contributed by atoms with Gasteiger partial charge in [0.15, 0.2) is 18.5 Å². The summed E-state index contributed by atoms with van der Waals surface area (Å²) in [7, 11) is 0. The number of para-hydroxylation sites is 1. The summed E-state index contributed by atoms with van der Waals surface area (Å²) in [5.41, 5.74) is -1.09. The highest BCUT2D eigenvalue weighted by Crippen LogP contribution is 2.30. The number of hydrogen-bond acceptors (Lipinski definition) is 6. The molecule has 194 valence electrons. The lowest BCUT2D eigenvalue weighted by molar-refractivity contribution is -0.137. The summed E-state index contributed by atoms with van der Waals surface area (Å²) in [5.74, 6) is -2.42. The molecule has 2 amide bonds. The quantitative estimate of drug-likeness (QED) is 0.350. The standard InChI is InChI=1S/C24H18Cl2F3N3O5/c1-13(22(34)32-21-18(26)10-15(25)11-30-21)37-23(35)17-7-2-3-8-19(17)36-12-20(33)31-16-6-4-5-14(9-16)24(27,28)29/h2-11,13H,12H2,1H3,(H,31,33)(H,30,32,34). The Morgan fingerprint density at radius 2 is 1.76 bits per heavy atom. The van der Waals surface area contributed by atoms with Crippen molar-refractivity contribution in [3.8, 4) is 5.75 Å². The lowest BCUT2D eigenvalue weighted by Gasteiger charge is -2.15. The van der Waals surface area contributed by atoms with Crippen LogP contribution in [0.1, 0.15) is 22.8 Å². The van der Waals surface area contributed by atoms with Gasteiger partial charge in [0.25, 0.3) is 11.8 Å². The van der Waals surface area contributed by atoms with Crippen molar-refractivity contribution in [2.24, 2.45) is 0 Å². The van der Waals surface area contributed by atoms with Crippen LogP contribution in [-0.2, 0) is 20.5 Å². The molecule has 0 saturated carbocycles. The van der Waals surface area contributed by atoms with Crippen molar-refractivity contribution < 1.29 is 37.0 Å². The number of alkyl halides is 3. The Morgan fingerprint density at radius 3 is 2.46 bits per heavy atom. The first-order chi connectivity index (χ1) is 17.4. The van der Waals surface area contributed by atoms with Crippen LogP contribution in [0, 0.1) is 0 Å². The van der Waals surface area contributed by atoms with Gasteiger partial charge in [-0.1, -0.05) is 41.4 Å². The van der Waals surface area contributed by atoms with E-state index in [1.165, 1.54) is 49.5 Å². The molecule has 0 spiro atoms. The molecule has 0 fully saturated rings. The van der Waals surface area contributed by atoms with Crippen LogP contribution in [0.5, 0.6) is 5.75 Å². The minimum absolute atomic E-state index is 0.0227. The van der Waals surface area contributed by atoms with E-state index in [0.717, 1.165) is 18.2 Å². The topological polar surface area (TPSA) is 107 Å². The number of nitrogens with zero attached hydrogens (tertiary/aromatic N) is 1. The zero-order valence-electron chi connectivity index (χ0n) is 18.9. The second-order valence-electron chi connectivity index (χ2n) is 7.43. The molecule has 1 aromatic heterocycles. The van der Waals surface area contributed by atoms with Crippen LogP contribution in [-0.4, -0.2) is 35.5 Å². The van der Waals surface area contributed by atoms with Gasteiger partial charge in [-0.15, -0.1) is 0 Å². The lowest BCUT2D eigenvalue weighted by Crippen LogP contribution is -2.30. The van der Waals surface area contributed by atoms with Gasteiger partial charge in [-0.25, -0.2) is 9.78 Å². The molecule has 0 bridgehead atoms. The van der Waals surface area contributed by atoms with Crippen molar-refractivity contribution >= 4 is 52.5 Å². The van der Waals surface area contributed by atoms with Crippen molar-refractivity contribution in [3.63, 3.8) is 0 Å². The molecule has 3 rings (SSSR count). The largest absolute Gasteiger partial charge is 0.483 e. The minimum atomic E-state index is -4.57. The molecule has 0 radical (unpaired) electrons. The van der Waals surface area contributed by atoms with Gasteiger partial charge in [0, 0.05) is 11.9 Å². The Balaban J connectivity index is 1.60. The molecule has 3 aromatic rings. The number of hydrogen-bond donors (Lipinski definition) is 2. The van der Waals surface area contributed by atoms with Crippen LogP contribution >= 0.6 is 23.2 Å². The molecule has 1 unspecified atom stereocenters. The molecule has 2 N–H and O–H groups in total. The Hall–Kier alpha value is -3.83.